The third-order valence-corrected chi connectivity index (χ3v) is 5.05. The Bertz CT molecular complexity index is 783. The number of rotatable bonds is 4. The Hall–Kier alpha value is -1.80. The van der Waals surface area contributed by atoms with Crippen LogP contribution >= 0.6 is 0 Å². The maximum Gasteiger partial charge on any atom is 0.418 e. The molecule has 13 heteroatoms. The van der Waals surface area contributed by atoms with E-state index in [4.69, 9.17) is 14.7 Å². The van der Waals surface area contributed by atoms with E-state index < -0.39 is 28.5 Å². The van der Waals surface area contributed by atoms with Crippen LogP contribution in [0.25, 0.3) is 0 Å². The lowest BCUT2D eigenvalue weighted by atomic mass is 10.0. The highest BCUT2D eigenvalue weighted by Gasteiger charge is 2.49. The lowest BCUT2D eigenvalue weighted by Gasteiger charge is -2.27. The number of amides is 2. The molecule has 4 rings (SSSR count). The summed E-state index contributed by atoms with van der Waals surface area (Å²) in [6.07, 6.45) is 1.68. The van der Waals surface area contributed by atoms with Crippen LogP contribution in [0.15, 0.2) is 4.42 Å². The van der Waals surface area contributed by atoms with Gasteiger partial charge in [0.05, 0.1) is 12.1 Å². The molecule has 2 amide bonds. The van der Waals surface area contributed by atoms with Gasteiger partial charge in [-0.2, -0.15) is 13.5 Å². The van der Waals surface area contributed by atoms with E-state index in [0.717, 1.165) is 0 Å². The number of nitrogens with two attached hydrogens (primary N) is 1. The van der Waals surface area contributed by atoms with Crippen molar-refractivity contribution in [3.05, 3.63) is 11.8 Å². The molecule has 1 aromatic rings. The van der Waals surface area contributed by atoms with Crippen LogP contribution in [0.4, 0.5) is 4.79 Å². The Morgan fingerprint density at radius 2 is 2.08 bits per heavy atom. The van der Waals surface area contributed by atoms with Gasteiger partial charge in [-0.15, -0.1) is 14.5 Å². The Kier molecular flexibility index (Phi) is 3.92. The highest BCUT2D eigenvalue weighted by atomic mass is 32.3. The van der Waals surface area contributed by atoms with Gasteiger partial charge < -0.3 is 20.4 Å². The quantitative estimate of drug-likeness (QED) is 0.563. The maximum absolute atomic E-state index is 12.4. The number of carbonyl (C=O) groups excluding carboxylic acids is 1. The summed E-state index contributed by atoms with van der Waals surface area (Å²) < 4.78 is 40.8. The summed E-state index contributed by atoms with van der Waals surface area (Å²) in [7, 11) is -4.77. The Labute approximate surface area is 143 Å². The van der Waals surface area contributed by atoms with Crippen molar-refractivity contribution in [2.24, 2.45) is 5.73 Å². The molecule has 0 aliphatic carbocycles. The van der Waals surface area contributed by atoms with E-state index in [1.807, 2.05) is 0 Å². The third-order valence-electron chi connectivity index (χ3n) is 4.70. The van der Waals surface area contributed by atoms with Crippen LogP contribution in [0.2, 0.25) is 0 Å². The van der Waals surface area contributed by atoms with Gasteiger partial charge in [-0.1, -0.05) is 0 Å². The topological polar surface area (TPSA) is 164 Å². The lowest BCUT2D eigenvalue weighted by Crippen LogP contribution is -2.35. The van der Waals surface area contributed by atoms with E-state index in [1.54, 1.807) is 0 Å². The fourth-order valence-corrected chi connectivity index (χ4v) is 3.95. The first-order chi connectivity index (χ1) is 11.8. The number of aromatic nitrogens is 2. The molecule has 1 aromatic heterocycles. The van der Waals surface area contributed by atoms with Crippen LogP contribution in [0.5, 0.6) is 0 Å². The van der Waals surface area contributed by atoms with Crippen molar-refractivity contribution in [3.8, 4) is 0 Å². The molecule has 2 bridgehead atoms. The predicted molar refractivity (Wildman–Crippen MR) is 80.0 cm³/mol. The SMILES string of the molecule is N[C@@H]1CN[C@H](c2nnc(C3CCC4CN3C(=O)N4OS(=O)(=O)O)o2)C1. The second kappa shape index (κ2) is 5.88. The van der Waals surface area contributed by atoms with E-state index in [0.29, 0.717) is 36.8 Å². The number of urea groups is 1. The largest absolute Gasteiger partial charge is 0.421 e. The average molecular weight is 374 g/mol. The number of piperidine rings is 1. The fraction of sp³-hybridized carbons (Fsp3) is 0.750. The standard InChI is InChI=1S/C12H18N6O6S/c13-6-3-8(14-4-6)10-15-16-11(23-10)9-2-1-7-5-17(9)12(19)18(7)24-25(20,21)22/h6-9,14H,1-5,13H2,(H,20,21,22)/t6-,7?,8-,9?/m0/s1. The zero-order valence-corrected chi connectivity index (χ0v) is 13.9. The van der Waals surface area contributed by atoms with Crippen molar-refractivity contribution in [2.75, 3.05) is 13.1 Å². The van der Waals surface area contributed by atoms with Gasteiger partial charge in [-0.25, -0.2) is 4.79 Å². The number of nitrogens with one attached hydrogen (secondary N) is 1. The summed E-state index contributed by atoms with van der Waals surface area (Å²) in [5.74, 6) is 0.709. The van der Waals surface area contributed by atoms with Crippen LogP contribution in [0.1, 0.15) is 43.1 Å². The molecule has 0 spiro atoms. The molecule has 3 fully saturated rings. The van der Waals surface area contributed by atoms with Crippen molar-refractivity contribution in [1.29, 1.82) is 0 Å². The second-order valence-corrected chi connectivity index (χ2v) is 7.45. The molecule has 0 radical (unpaired) electrons. The average Bonchev–Trinajstić information content (AvgIpc) is 3.23. The van der Waals surface area contributed by atoms with Crippen LogP contribution in [0.3, 0.4) is 0 Å². The number of hydrogen-bond acceptors (Lipinski definition) is 9. The molecule has 3 aliphatic heterocycles. The summed E-state index contributed by atoms with van der Waals surface area (Å²) in [5, 5.41) is 12.0. The molecule has 12 nitrogen and oxygen atoms in total. The van der Waals surface area contributed by atoms with Crippen LogP contribution in [0, 0.1) is 0 Å². The Morgan fingerprint density at radius 1 is 1.32 bits per heavy atom. The number of fused-ring (bicyclic) bond motifs is 2. The van der Waals surface area contributed by atoms with Gasteiger partial charge in [0, 0.05) is 19.1 Å². The van der Waals surface area contributed by atoms with Crippen molar-refractivity contribution in [3.63, 3.8) is 0 Å². The van der Waals surface area contributed by atoms with Crippen LogP contribution < -0.4 is 11.1 Å². The molecule has 3 saturated heterocycles. The first-order valence-corrected chi connectivity index (χ1v) is 9.27. The van der Waals surface area contributed by atoms with Crippen LogP contribution in [-0.2, 0) is 14.7 Å². The highest BCUT2D eigenvalue weighted by molar-refractivity contribution is 7.80. The molecule has 4 atom stereocenters. The molecular formula is C12H18N6O6S. The van der Waals surface area contributed by atoms with Gasteiger partial charge in [0.2, 0.25) is 11.8 Å². The number of hydrogen-bond donors (Lipinski definition) is 3. The van der Waals surface area contributed by atoms with E-state index in [9.17, 15) is 13.2 Å². The zero-order valence-electron chi connectivity index (χ0n) is 13.1. The molecular weight excluding hydrogens is 356 g/mol. The summed E-state index contributed by atoms with van der Waals surface area (Å²) in [4.78, 5) is 13.8. The maximum atomic E-state index is 12.4. The summed E-state index contributed by atoms with van der Waals surface area (Å²) in [6, 6.07) is -1.66. The molecule has 0 aromatic carbocycles. The molecule has 0 saturated carbocycles. The molecule has 4 N–H and O–H groups in total. The smallest absolute Gasteiger partial charge is 0.418 e. The van der Waals surface area contributed by atoms with Crippen molar-refractivity contribution < 1.29 is 26.5 Å². The number of nitrogens with zero attached hydrogens (tertiary/aromatic N) is 4. The Morgan fingerprint density at radius 3 is 2.76 bits per heavy atom. The predicted octanol–water partition coefficient (Wildman–Crippen LogP) is -0.893. The molecule has 138 valence electrons. The van der Waals surface area contributed by atoms with E-state index in [2.05, 4.69) is 19.8 Å². The molecule has 4 heterocycles. The summed E-state index contributed by atoms with van der Waals surface area (Å²) in [5.41, 5.74) is 5.85. The molecule has 2 unspecified atom stereocenters. The highest BCUT2D eigenvalue weighted by Crippen LogP contribution is 2.38. The number of hydroxylamine groups is 2. The van der Waals surface area contributed by atoms with E-state index >= 15 is 0 Å². The van der Waals surface area contributed by atoms with E-state index in [1.165, 1.54) is 4.90 Å². The summed E-state index contributed by atoms with van der Waals surface area (Å²) >= 11 is 0. The molecule has 25 heavy (non-hydrogen) atoms. The minimum absolute atomic E-state index is 0.0297. The monoisotopic (exact) mass is 374 g/mol. The van der Waals surface area contributed by atoms with Crippen molar-refractivity contribution in [1.82, 2.24) is 25.5 Å². The van der Waals surface area contributed by atoms with Gasteiger partial charge in [-0.05, 0) is 19.3 Å². The van der Waals surface area contributed by atoms with Gasteiger partial charge >= 0.3 is 16.4 Å². The van der Waals surface area contributed by atoms with Crippen molar-refractivity contribution >= 4 is 16.4 Å². The Balaban J connectivity index is 1.51. The minimum Gasteiger partial charge on any atom is -0.421 e. The van der Waals surface area contributed by atoms with Gasteiger partial charge in [-0.3, -0.25) is 4.55 Å². The van der Waals surface area contributed by atoms with Crippen molar-refractivity contribution in [2.45, 2.75) is 43.4 Å². The second-order valence-electron chi connectivity index (χ2n) is 6.45. The number of carbonyl (C=O) groups is 1. The van der Waals surface area contributed by atoms with Gasteiger partial charge in [0.25, 0.3) is 0 Å². The van der Waals surface area contributed by atoms with Gasteiger partial charge in [0.1, 0.15) is 6.04 Å². The lowest BCUT2D eigenvalue weighted by molar-refractivity contribution is -0.0317. The zero-order chi connectivity index (χ0) is 17.8. The van der Waals surface area contributed by atoms with E-state index in [-0.39, 0.29) is 24.5 Å². The first-order valence-electron chi connectivity index (χ1n) is 7.91. The summed E-state index contributed by atoms with van der Waals surface area (Å²) in [6.45, 7) is 0.920. The fourth-order valence-electron chi connectivity index (χ4n) is 3.56. The minimum atomic E-state index is -4.77. The third kappa shape index (κ3) is 3.08. The first kappa shape index (κ1) is 16.7. The van der Waals surface area contributed by atoms with Crippen LogP contribution in [-0.4, -0.2) is 64.3 Å². The normalized spacial score (nSPS) is 32.6. The molecule has 3 aliphatic rings. The van der Waals surface area contributed by atoms with Gasteiger partial charge in [0.15, 0.2) is 0 Å².